The summed E-state index contributed by atoms with van der Waals surface area (Å²) in [4.78, 5) is 37.9. The summed E-state index contributed by atoms with van der Waals surface area (Å²) < 4.78 is 16.8. The monoisotopic (exact) mass is 979 g/mol. The molecule has 0 spiro atoms. The van der Waals surface area contributed by atoms with Crippen molar-refractivity contribution in [2.75, 3.05) is 13.2 Å². The molecule has 0 saturated heterocycles. The van der Waals surface area contributed by atoms with E-state index in [1.807, 2.05) is 0 Å². The first-order valence-electron chi connectivity index (χ1n) is 30.3. The van der Waals surface area contributed by atoms with Crippen LogP contribution in [0.15, 0.2) is 60.8 Å². The lowest BCUT2D eigenvalue weighted by molar-refractivity contribution is -0.167. The molecule has 0 fully saturated rings. The van der Waals surface area contributed by atoms with Gasteiger partial charge in [-0.05, 0) is 77.0 Å². The predicted octanol–water partition coefficient (Wildman–Crippen LogP) is 20.4. The van der Waals surface area contributed by atoms with Crippen LogP contribution in [0, 0.1) is 0 Å². The molecule has 0 N–H and O–H groups in total. The Morgan fingerprint density at radius 3 is 0.943 bits per heavy atom. The summed E-state index contributed by atoms with van der Waals surface area (Å²) in [5.74, 6) is -0.874. The molecule has 0 radical (unpaired) electrons. The van der Waals surface area contributed by atoms with E-state index in [9.17, 15) is 14.4 Å². The summed E-state index contributed by atoms with van der Waals surface area (Å²) in [5.41, 5.74) is 0. The molecule has 0 aromatic carbocycles. The lowest BCUT2D eigenvalue weighted by Crippen LogP contribution is -2.30. The molecule has 1 atom stereocenters. The molecule has 1 unspecified atom stereocenters. The second-order valence-electron chi connectivity index (χ2n) is 20.2. The average molecular weight is 980 g/mol. The number of carbonyl (C=O) groups is 3. The fourth-order valence-electron chi connectivity index (χ4n) is 8.73. The van der Waals surface area contributed by atoms with E-state index < -0.39 is 6.10 Å². The molecule has 6 nitrogen and oxygen atoms in total. The highest BCUT2D eigenvalue weighted by atomic mass is 16.6. The van der Waals surface area contributed by atoms with Gasteiger partial charge in [0, 0.05) is 19.3 Å². The van der Waals surface area contributed by atoms with Gasteiger partial charge in [0.25, 0.3) is 0 Å². The molecule has 406 valence electrons. The van der Waals surface area contributed by atoms with Crippen LogP contribution in [0.1, 0.15) is 310 Å². The molecular formula is C64H114O6. The maximum absolute atomic E-state index is 12.7. The summed E-state index contributed by atoms with van der Waals surface area (Å²) in [6.45, 7) is 6.46. The minimum absolute atomic E-state index is 0.0727. The van der Waals surface area contributed by atoms with Gasteiger partial charge in [-0.25, -0.2) is 0 Å². The summed E-state index contributed by atoms with van der Waals surface area (Å²) in [5, 5.41) is 0. The number of hydrogen-bond acceptors (Lipinski definition) is 6. The van der Waals surface area contributed by atoms with E-state index in [-0.39, 0.29) is 31.1 Å². The number of ether oxygens (including phenoxy) is 3. The smallest absolute Gasteiger partial charge is 0.306 e. The second kappa shape index (κ2) is 58.7. The van der Waals surface area contributed by atoms with Gasteiger partial charge >= 0.3 is 17.9 Å². The highest BCUT2D eigenvalue weighted by Crippen LogP contribution is 2.17. The van der Waals surface area contributed by atoms with Crippen LogP contribution in [-0.4, -0.2) is 37.2 Å². The van der Waals surface area contributed by atoms with Crippen LogP contribution in [-0.2, 0) is 28.6 Å². The van der Waals surface area contributed by atoms with Crippen LogP contribution in [0.25, 0.3) is 0 Å². The minimum atomic E-state index is -0.771. The Morgan fingerprint density at radius 2 is 0.586 bits per heavy atom. The molecule has 70 heavy (non-hydrogen) atoms. The summed E-state index contributed by atoms with van der Waals surface area (Å²) in [6.07, 6.45) is 74.1. The van der Waals surface area contributed by atoms with Gasteiger partial charge < -0.3 is 14.2 Å². The molecule has 0 rings (SSSR count). The van der Waals surface area contributed by atoms with Gasteiger partial charge in [-0.1, -0.05) is 274 Å². The molecule has 6 heteroatoms. The molecule has 0 aliphatic heterocycles. The quantitative estimate of drug-likeness (QED) is 0.0261. The number of carbonyl (C=O) groups excluding carboxylic acids is 3. The van der Waals surface area contributed by atoms with Gasteiger partial charge in [0.05, 0.1) is 0 Å². The van der Waals surface area contributed by atoms with E-state index >= 15 is 0 Å². The zero-order chi connectivity index (χ0) is 50.7. The lowest BCUT2D eigenvalue weighted by atomic mass is 10.0. The van der Waals surface area contributed by atoms with Crippen LogP contribution in [0.2, 0.25) is 0 Å². The lowest BCUT2D eigenvalue weighted by Gasteiger charge is -2.18. The highest BCUT2D eigenvalue weighted by molar-refractivity contribution is 5.71. The van der Waals surface area contributed by atoms with Crippen LogP contribution in [0.5, 0.6) is 0 Å². The summed E-state index contributed by atoms with van der Waals surface area (Å²) >= 11 is 0. The van der Waals surface area contributed by atoms with Crippen LogP contribution in [0.4, 0.5) is 0 Å². The largest absolute Gasteiger partial charge is 0.462 e. The molecule has 0 aliphatic carbocycles. The highest BCUT2D eigenvalue weighted by Gasteiger charge is 2.19. The van der Waals surface area contributed by atoms with Gasteiger partial charge in [0.1, 0.15) is 13.2 Å². The van der Waals surface area contributed by atoms with Gasteiger partial charge in [0.15, 0.2) is 6.10 Å². The maximum Gasteiger partial charge on any atom is 0.306 e. The molecule has 0 aliphatic rings. The zero-order valence-electron chi connectivity index (χ0n) is 46.5. The molecule has 0 heterocycles. The van der Waals surface area contributed by atoms with E-state index in [2.05, 4.69) is 81.5 Å². The van der Waals surface area contributed by atoms with Gasteiger partial charge in [-0.3, -0.25) is 14.4 Å². The van der Waals surface area contributed by atoms with Crippen molar-refractivity contribution in [3.63, 3.8) is 0 Å². The molecule has 0 amide bonds. The Labute approximate surface area is 434 Å². The maximum atomic E-state index is 12.7. The minimum Gasteiger partial charge on any atom is -0.462 e. The molecule has 0 aromatic heterocycles. The average Bonchev–Trinajstić information content (AvgIpc) is 3.36. The van der Waals surface area contributed by atoms with Crippen LogP contribution in [0.3, 0.4) is 0 Å². The van der Waals surface area contributed by atoms with Gasteiger partial charge in [0.2, 0.25) is 0 Å². The standard InChI is InChI=1S/C64H114O6/c1-4-7-10-13-16-19-21-22-23-24-25-26-27-28-29-30-31-32-33-34-35-36-37-38-39-40-41-42-43-46-48-51-54-57-63(66)69-60-61(59-68-62(65)56-53-50-47-44-18-15-12-9-6-3)70-64(67)58-55-52-49-45-20-17-14-11-8-5-2/h7,10-11,14,16,19,22-23,25-26,61H,4-6,8-9,12-13,15,17-18,20-21,24,27-60H2,1-3H3/b10-7-,14-11-,19-16-,23-22-,26-25-. The Balaban J connectivity index is 3.95. The number of allylic oxidation sites excluding steroid dienone is 10. The molecule has 0 aromatic rings. The normalized spacial score (nSPS) is 12.4. The Morgan fingerprint density at radius 1 is 0.300 bits per heavy atom. The van der Waals surface area contributed by atoms with Crippen molar-refractivity contribution in [1.29, 1.82) is 0 Å². The second-order valence-corrected chi connectivity index (χ2v) is 20.2. The summed E-state index contributed by atoms with van der Waals surface area (Å²) in [6, 6.07) is 0. The third-order valence-corrected chi connectivity index (χ3v) is 13.2. The fraction of sp³-hybridized carbons (Fsp3) is 0.797. The number of rotatable bonds is 55. The van der Waals surface area contributed by atoms with Crippen LogP contribution >= 0.6 is 0 Å². The predicted molar refractivity (Wildman–Crippen MR) is 302 cm³/mol. The van der Waals surface area contributed by atoms with Crippen LogP contribution < -0.4 is 0 Å². The van der Waals surface area contributed by atoms with Crippen molar-refractivity contribution in [3.05, 3.63) is 60.8 Å². The van der Waals surface area contributed by atoms with Crippen molar-refractivity contribution in [2.24, 2.45) is 0 Å². The third-order valence-electron chi connectivity index (χ3n) is 13.2. The topological polar surface area (TPSA) is 78.9 Å². The Kier molecular flexibility index (Phi) is 56.3. The Bertz CT molecular complexity index is 1260. The van der Waals surface area contributed by atoms with Crippen molar-refractivity contribution < 1.29 is 28.6 Å². The number of unbranched alkanes of at least 4 members (excludes halogenated alkanes) is 34. The first kappa shape index (κ1) is 67.1. The van der Waals surface area contributed by atoms with E-state index in [4.69, 9.17) is 14.2 Å². The molecule has 0 saturated carbocycles. The summed E-state index contributed by atoms with van der Waals surface area (Å²) in [7, 11) is 0. The number of esters is 3. The van der Waals surface area contributed by atoms with Crippen molar-refractivity contribution >= 4 is 17.9 Å². The first-order chi connectivity index (χ1) is 34.5. The molecular weight excluding hydrogens is 865 g/mol. The first-order valence-corrected chi connectivity index (χ1v) is 30.3. The third kappa shape index (κ3) is 56.0. The Hall–Kier alpha value is -2.89. The van der Waals surface area contributed by atoms with Crippen molar-refractivity contribution in [3.8, 4) is 0 Å². The van der Waals surface area contributed by atoms with E-state index in [1.165, 1.54) is 167 Å². The molecule has 0 bridgehead atoms. The van der Waals surface area contributed by atoms with E-state index in [1.54, 1.807) is 0 Å². The zero-order valence-corrected chi connectivity index (χ0v) is 46.5. The number of hydrogen-bond donors (Lipinski definition) is 0. The van der Waals surface area contributed by atoms with Gasteiger partial charge in [-0.2, -0.15) is 0 Å². The van der Waals surface area contributed by atoms with Crippen molar-refractivity contribution in [1.82, 2.24) is 0 Å². The van der Waals surface area contributed by atoms with E-state index in [0.717, 1.165) is 103 Å². The fourth-order valence-corrected chi connectivity index (χ4v) is 8.73. The van der Waals surface area contributed by atoms with E-state index in [0.29, 0.717) is 19.3 Å². The van der Waals surface area contributed by atoms with Gasteiger partial charge in [-0.15, -0.1) is 0 Å². The SMILES string of the molecule is CC/C=C\C/C=C\C/C=C\C/C=C\CCCCCCCCCCCCCCCCCCCCCCC(=O)OCC(COC(=O)CCCCCCCCCCC)OC(=O)CCCCCCC/C=C\CCC. The van der Waals surface area contributed by atoms with Crippen molar-refractivity contribution in [2.45, 2.75) is 316 Å².